The Labute approximate surface area is 63.3 Å². The van der Waals surface area contributed by atoms with Crippen LogP contribution in [0.1, 0.15) is 39.5 Å². The molecule has 2 bridgehead atoms. The predicted octanol–water partition coefficient (Wildman–Crippen LogP) is 3.14. The zero-order valence-corrected chi connectivity index (χ0v) is 6.98. The SMILES string of the molecule is CCC1=C2CCC1C(C)C2. The van der Waals surface area contributed by atoms with Gasteiger partial charge in [0.2, 0.25) is 0 Å². The van der Waals surface area contributed by atoms with Gasteiger partial charge >= 0.3 is 0 Å². The van der Waals surface area contributed by atoms with Crippen molar-refractivity contribution in [2.24, 2.45) is 11.8 Å². The van der Waals surface area contributed by atoms with E-state index >= 15 is 0 Å². The van der Waals surface area contributed by atoms with Crippen LogP contribution in [0.15, 0.2) is 11.1 Å². The normalized spacial score (nSPS) is 37.8. The molecule has 0 amide bonds. The van der Waals surface area contributed by atoms with Crippen LogP contribution in [-0.4, -0.2) is 0 Å². The summed E-state index contributed by atoms with van der Waals surface area (Å²) in [6, 6.07) is 0. The molecule has 0 saturated carbocycles. The largest absolute Gasteiger partial charge is 0.0704 e. The highest BCUT2D eigenvalue weighted by Gasteiger charge is 2.35. The molecule has 56 valence electrons. The summed E-state index contributed by atoms with van der Waals surface area (Å²) >= 11 is 0. The van der Waals surface area contributed by atoms with E-state index in [2.05, 4.69) is 13.8 Å². The predicted molar refractivity (Wildman–Crippen MR) is 43.8 cm³/mol. The monoisotopic (exact) mass is 136 g/mol. The van der Waals surface area contributed by atoms with Gasteiger partial charge in [-0.15, -0.1) is 0 Å². The van der Waals surface area contributed by atoms with Crippen molar-refractivity contribution < 1.29 is 0 Å². The molecule has 0 radical (unpaired) electrons. The van der Waals surface area contributed by atoms with Crippen molar-refractivity contribution in [1.82, 2.24) is 0 Å². The van der Waals surface area contributed by atoms with Crippen molar-refractivity contribution in [1.29, 1.82) is 0 Å². The van der Waals surface area contributed by atoms with Gasteiger partial charge in [-0.05, 0) is 37.5 Å². The summed E-state index contributed by atoms with van der Waals surface area (Å²) in [6.45, 7) is 4.72. The molecule has 0 aliphatic heterocycles. The van der Waals surface area contributed by atoms with E-state index in [-0.39, 0.29) is 0 Å². The van der Waals surface area contributed by atoms with Crippen molar-refractivity contribution in [2.75, 3.05) is 0 Å². The van der Waals surface area contributed by atoms with Gasteiger partial charge in [0.15, 0.2) is 0 Å². The number of fused-ring (bicyclic) bond motifs is 1. The van der Waals surface area contributed by atoms with Crippen LogP contribution in [0.3, 0.4) is 0 Å². The number of allylic oxidation sites excluding steroid dienone is 2. The number of hydrogen-bond acceptors (Lipinski definition) is 0. The standard InChI is InChI=1S/C10H16/c1-3-9-8-4-5-10(9)7(2)6-8/h7,10H,3-6H2,1-2H3. The van der Waals surface area contributed by atoms with E-state index in [1.54, 1.807) is 0 Å². The van der Waals surface area contributed by atoms with E-state index in [4.69, 9.17) is 0 Å². The fourth-order valence-corrected chi connectivity index (χ4v) is 2.83. The van der Waals surface area contributed by atoms with Gasteiger partial charge < -0.3 is 0 Å². The molecule has 2 aliphatic rings. The topological polar surface area (TPSA) is 0 Å². The summed E-state index contributed by atoms with van der Waals surface area (Å²) in [5.74, 6) is 1.98. The van der Waals surface area contributed by atoms with Gasteiger partial charge in [0, 0.05) is 0 Å². The Morgan fingerprint density at radius 2 is 2.30 bits per heavy atom. The van der Waals surface area contributed by atoms with Crippen molar-refractivity contribution in [3.8, 4) is 0 Å². The minimum absolute atomic E-state index is 0.985. The lowest BCUT2D eigenvalue weighted by Gasteiger charge is -2.18. The summed E-state index contributed by atoms with van der Waals surface area (Å²) in [7, 11) is 0. The summed E-state index contributed by atoms with van der Waals surface area (Å²) in [5.41, 5.74) is 3.65. The van der Waals surface area contributed by atoms with Crippen LogP contribution >= 0.6 is 0 Å². The zero-order valence-electron chi connectivity index (χ0n) is 6.98. The fourth-order valence-electron chi connectivity index (χ4n) is 2.83. The number of rotatable bonds is 1. The third-order valence-electron chi connectivity index (χ3n) is 3.29. The quantitative estimate of drug-likeness (QED) is 0.486. The molecule has 2 aliphatic carbocycles. The lowest BCUT2D eigenvalue weighted by Crippen LogP contribution is -2.08. The first-order valence-electron chi connectivity index (χ1n) is 4.53. The van der Waals surface area contributed by atoms with Crippen molar-refractivity contribution in [3.63, 3.8) is 0 Å². The first-order valence-corrected chi connectivity index (χ1v) is 4.53. The van der Waals surface area contributed by atoms with Crippen molar-refractivity contribution >= 4 is 0 Å². The summed E-state index contributed by atoms with van der Waals surface area (Å²) < 4.78 is 0. The third-order valence-corrected chi connectivity index (χ3v) is 3.29. The Hall–Kier alpha value is -0.260. The summed E-state index contributed by atoms with van der Waals surface area (Å²) in [6.07, 6.45) is 5.65. The van der Waals surface area contributed by atoms with E-state index in [0.717, 1.165) is 11.8 Å². The molecule has 0 spiro atoms. The maximum absolute atomic E-state index is 2.41. The molecule has 0 heteroatoms. The van der Waals surface area contributed by atoms with Crippen LogP contribution in [0.2, 0.25) is 0 Å². The van der Waals surface area contributed by atoms with Crippen molar-refractivity contribution in [2.45, 2.75) is 39.5 Å². The Morgan fingerprint density at radius 1 is 1.50 bits per heavy atom. The van der Waals surface area contributed by atoms with Gasteiger partial charge in [0.05, 0.1) is 0 Å². The second kappa shape index (κ2) is 2.11. The van der Waals surface area contributed by atoms with E-state index in [9.17, 15) is 0 Å². The summed E-state index contributed by atoms with van der Waals surface area (Å²) in [5, 5.41) is 0. The van der Waals surface area contributed by atoms with Crippen LogP contribution in [0, 0.1) is 11.8 Å². The van der Waals surface area contributed by atoms with Gasteiger partial charge in [-0.3, -0.25) is 0 Å². The van der Waals surface area contributed by atoms with Crippen LogP contribution < -0.4 is 0 Å². The molecular formula is C10H16. The Balaban J connectivity index is 2.24. The molecule has 10 heavy (non-hydrogen) atoms. The molecule has 2 rings (SSSR count). The first-order chi connectivity index (χ1) is 4.83. The fraction of sp³-hybridized carbons (Fsp3) is 0.800. The van der Waals surface area contributed by atoms with Crippen LogP contribution in [0.25, 0.3) is 0 Å². The molecule has 2 unspecified atom stereocenters. The van der Waals surface area contributed by atoms with Gasteiger partial charge in [-0.1, -0.05) is 25.0 Å². The minimum atomic E-state index is 0.985. The van der Waals surface area contributed by atoms with E-state index < -0.39 is 0 Å². The molecule has 0 heterocycles. The molecule has 0 aromatic rings. The van der Waals surface area contributed by atoms with Gasteiger partial charge in [-0.2, -0.15) is 0 Å². The van der Waals surface area contributed by atoms with Gasteiger partial charge in [0.25, 0.3) is 0 Å². The smallest absolute Gasteiger partial charge is 0.0169 e. The Bertz CT molecular complexity index is 176. The van der Waals surface area contributed by atoms with Crippen molar-refractivity contribution in [3.05, 3.63) is 11.1 Å². The van der Waals surface area contributed by atoms with E-state index in [0.29, 0.717) is 0 Å². The highest BCUT2D eigenvalue weighted by Crippen LogP contribution is 2.49. The molecule has 0 aromatic heterocycles. The maximum Gasteiger partial charge on any atom is -0.0169 e. The molecule has 0 aromatic carbocycles. The second-order valence-corrected chi connectivity index (χ2v) is 3.81. The molecule has 0 fully saturated rings. The van der Waals surface area contributed by atoms with Gasteiger partial charge in [0.1, 0.15) is 0 Å². The number of hydrogen-bond donors (Lipinski definition) is 0. The van der Waals surface area contributed by atoms with Gasteiger partial charge in [-0.25, -0.2) is 0 Å². The van der Waals surface area contributed by atoms with Crippen LogP contribution in [0.5, 0.6) is 0 Å². The van der Waals surface area contributed by atoms with Crippen LogP contribution in [0.4, 0.5) is 0 Å². The lowest BCUT2D eigenvalue weighted by molar-refractivity contribution is 0.393. The summed E-state index contributed by atoms with van der Waals surface area (Å²) in [4.78, 5) is 0. The minimum Gasteiger partial charge on any atom is -0.0704 e. The van der Waals surface area contributed by atoms with Crippen LogP contribution in [-0.2, 0) is 0 Å². The highest BCUT2D eigenvalue weighted by atomic mass is 14.4. The third kappa shape index (κ3) is 0.680. The first kappa shape index (κ1) is 6.45. The average Bonchev–Trinajstić information content (AvgIpc) is 2.42. The maximum atomic E-state index is 2.41. The zero-order chi connectivity index (χ0) is 7.14. The molecule has 0 N–H and O–H groups in total. The molecular weight excluding hydrogens is 120 g/mol. The Kier molecular flexibility index (Phi) is 1.36. The Morgan fingerprint density at radius 3 is 2.60 bits per heavy atom. The molecule has 0 nitrogen and oxygen atoms in total. The highest BCUT2D eigenvalue weighted by molar-refractivity contribution is 5.29. The average molecular weight is 136 g/mol. The molecule has 2 atom stereocenters. The molecule has 0 saturated heterocycles. The second-order valence-electron chi connectivity index (χ2n) is 3.81. The van der Waals surface area contributed by atoms with E-state index in [1.165, 1.54) is 25.7 Å². The van der Waals surface area contributed by atoms with E-state index in [1.807, 2.05) is 11.1 Å². The lowest BCUT2D eigenvalue weighted by atomic mass is 9.87.